The van der Waals surface area contributed by atoms with Gasteiger partial charge in [-0.25, -0.2) is 26.3 Å². The number of rotatable bonds is 6. The highest BCUT2D eigenvalue weighted by molar-refractivity contribution is 7.90. The Morgan fingerprint density at radius 1 is 1.00 bits per heavy atom. The van der Waals surface area contributed by atoms with E-state index in [0.717, 1.165) is 5.56 Å². The molecule has 0 fully saturated rings. The Morgan fingerprint density at radius 3 is 1.95 bits per heavy atom. The second kappa shape index (κ2) is 6.21. The van der Waals surface area contributed by atoms with Crippen LogP contribution in [0.3, 0.4) is 0 Å². The quantitative estimate of drug-likeness (QED) is 0.795. The standard InChI is InChI=1S/C12H20N2O4S2/c1-9-7-10(2)12(11(3)8-9)20(17,18)14-5-6-19(15,16)13-4/h7-8,13-14H,5-6H2,1-4H3. The predicted molar refractivity (Wildman–Crippen MR) is 78.7 cm³/mol. The maximum Gasteiger partial charge on any atom is 0.241 e. The minimum Gasteiger partial charge on any atom is -0.218 e. The van der Waals surface area contributed by atoms with Crippen molar-refractivity contribution >= 4 is 20.0 Å². The van der Waals surface area contributed by atoms with Crippen LogP contribution in [0.15, 0.2) is 17.0 Å². The van der Waals surface area contributed by atoms with Gasteiger partial charge in [-0.05, 0) is 38.9 Å². The van der Waals surface area contributed by atoms with Crippen LogP contribution in [0.5, 0.6) is 0 Å². The van der Waals surface area contributed by atoms with Crippen LogP contribution >= 0.6 is 0 Å². The zero-order valence-electron chi connectivity index (χ0n) is 12.0. The zero-order valence-corrected chi connectivity index (χ0v) is 13.7. The van der Waals surface area contributed by atoms with E-state index in [2.05, 4.69) is 9.44 Å². The molecular weight excluding hydrogens is 300 g/mol. The Hall–Kier alpha value is -0.960. The summed E-state index contributed by atoms with van der Waals surface area (Å²) in [5, 5.41) is 0. The average molecular weight is 320 g/mol. The van der Waals surface area contributed by atoms with E-state index >= 15 is 0 Å². The molecule has 6 nitrogen and oxygen atoms in total. The van der Waals surface area contributed by atoms with E-state index in [1.165, 1.54) is 7.05 Å². The number of hydrogen-bond donors (Lipinski definition) is 2. The van der Waals surface area contributed by atoms with Crippen molar-refractivity contribution in [3.63, 3.8) is 0 Å². The molecule has 8 heteroatoms. The second-order valence-electron chi connectivity index (χ2n) is 4.65. The molecule has 0 bridgehead atoms. The number of nitrogens with one attached hydrogen (secondary N) is 2. The van der Waals surface area contributed by atoms with E-state index in [1.54, 1.807) is 26.0 Å². The van der Waals surface area contributed by atoms with Gasteiger partial charge in [0, 0.05) is 6.54 Å². The molecule has 1 aromatic carbocycles. The molecule has 0 aliphatic carbocycles. The van der Waals surface area contributed by atoms with Crippen LogP contribution in [-0.2, 0) is 20.0 Å². The summed E-state index contributed by atoms with van der Waals surface area (Å²) in [7, 11) is -5.85. The lowest BCUT2D eigenvalue weighted by Gasteiger charge is -2.13. The first-order chi connectivity index (χ1) is 9.09. The first-order valence-electron chi connectivity index (χ1n) is 6.08. The fourth-order valence-corrected chi connectivity index (χ4v) is 4.26. The molecule has 0 amide bonds. The fourth-order valence-electron chi connectivity index (χ4n) is 2.08. The summed E-state index contributed by atoms with van der Waals surface area (Å²) < 4.78 is 51.4. The molecule has 0 aliphatic heterocycles. The van der Waals surface area contributed by atoms with Crippen LogP contribution < -0.4 is 9.44 Å². The lowest BCUT2D eigenvalue weighted by molar-refractivity contribution is 0.578. The minimum atomic E-state index is -3.71. The third kappa shape index (κ3) is 4.27. The first-order valence-corrected chi connectivity index (χ1v) is 9.21. The summed E-state index contributed by atoms with van der Waals surface area (Å²) in [6, 6.07) is 3.57. The van der Waals surface area contributed by atoms with Crippen LogP contribution in [0.2, 0.25) is 0 Å². The van der Waals surface area contributed by atoms with Gasteiger partial charge in [-0.15, -0.1) is 0 Å². The summed E-state index contributed by atoms with van der Waals surface area (Å²) in [5.41, 5.74) is 2.27. The molecule has 0 unspecified atom stereocenters. The van der Waals surface area contributed by atoms with Crippen molar-refractivity contribution in [1.29, 1.82) is 0 Å². The van der Waals surface area contributed by atoms with Crippen molar-refractivity contribution in [3.05, 3.63) is 28.8 Å². The summed E-state index contributed by atoms with van der Waals surface area (Å²) >= 11 is 0. The van der Waals surface area contributed by atoms with E-state index in [9.17, 15) is 16.8 Å². The van der Waals surface area contributed by atoms with Gasteiger partial charge < -0.3 is 0 Å². The SMILES string of the molecule is CNS(=O)(=O)CCNS(=O)(=O)c1c(C)cc(C)cc1C. The van der Waals surface area contributed by atoms with Crippen molar-refractivity contribution in [2.75, 3.05) is 19.3 Å². The number of hydrogen-bond acceptors (Lipinski definition) is 4. The summed E-state index contributed by atoms with van der Waals surface area (Å²) in [6.45, 7) is 5.17. The Morgan fingerprint density at radius 2 is 1.50 bits per heavy atom. The topological polar surface area (TPSA) is 92.3 Å². The van der Waals surface area contributed by atoms with E-state index in [4.69, 9.17) is 0 Å². The molecule has 0 spiro atoms. The van der Waals surface area contributed by atoms with Crippen molar-refractivity contribution in [2.45, 2.75) is 25.7 Å². The van der Waals surface area contributed by atoms with Gasteiger partial charge in [0.1, 0.15) is 0 Å². The Bertz CT molecular complexity index is 671. The molecule has 114 valence electrons. The number of sulfonamides is 2. The fraction of sp³-hybridized carbons (Fsp3) is 0.500. The van der Waals surface area contributed by atoms with Gasteiger partial charge in [0.2, 0.25) is 20.0 Å². The van der Waals surface area contributed by atoms with Gasteiger partial charge in [0.25, 0.3) is 0 Å². The lowest BCUT2D eigenvalue weighted by Crippen LogP contribution is -2.33. The molecule has 20 heavy (non-hydrogen) atoms. The highest BCUT2D eigenvalue weighted by Gasteiger charge is 2.20. The van der Waals surface area contributed by atoms with E-state index in [-0.39, 0.29) is 17.2 Å². The van der Waals surface area contributed by atoms with E-state index in [1.807, 2.05) is 6.92 Å². The average Bonchev–Trinajstić information content (AvgIpc) is 2.26. The lowest BCUT2D eigenvalue weighted by atomic mass is 10.1. The van der Waals surface area contributed by atoms with Crippen molar-refractivity contribution in [3.8, 4) is 0 Å². The first kappa shape index (κ1) is 17.1. The molecular formula is C12H20N2O4S2. The zero-order chi connectivity index (χ0) is 15.6. The maximum absolute atomic E-state index is 12.2. The van der Waals surface area contributed by atoms with Gasteiger partial charge in [-0.3, -0.25) is 0 Å². The van der Waals surface area contributed by atoms with Crippen LogP contribution in [0.4, 0.5) is 0 Å². The molecule has 1 aromatic rings. The normalized spacial score (nSPS) is 12.6. The highest BCUT2D eigenvalue weighted by atomic mass is 32.2. The van der Waals surface area contributed by atoms with Gasteiger partial charge in [-0.1, -0.05) is 17.7 Å². The van der Waals surface area contributed by atoms with Crippen LogP contribution in [0.25, 0.3) is 0 Å². The van der Waals surface area contributed by atoms with Crippen LogP contribution in [-0.4, -0.2) is 36.2 Å². The molecule has 0 radical (unpaired) electrons. The molecule has 0 saturated heterocycles. The predicted octanol–water partition coefficient (Wildman–Crippen LogP) is 0.439. The molecule has 0 heterocycles. The Balaban J connectivity index is 2.96. The summed E-state index contributed by atoms with van der Waals surface area (Å²) in [6.07, 6.45) is 0. The monoisotopic (exact) mass is 320 g/mol. The second-order valence-corrected chi connectivity index (χ2v) is 8.40. The van der Waals surface area contributed by atoms with Gasteiger partial charge in [0.15, 0.2) is 0 Å². The molecule has 1 rings (SSSR count). The largest absolute Gasteiger partial charge is 0.241 e. The van der Waals surface area contributed by atoms with Gasteiger partial charge >= 0.3 is 0 Å². The third-order valence-electron chi connectivity index (χ3n) is 2.85. The van der Waals surface area contributed by atoms with Crippen LogP contribution in [0.1, 0.15) is 16.7 Å². The molecule has 0 saturated carbocycles. The van der Waals surface area contributed by atoms with Crippen molar-refractivity contribution in [1.82, 2.24) is 9.44 Å². The van der Waals surface area contributed by atoms with E-state index in [0.29, 0.717) is 11.1 Å². The Kier molecular flexibility index (Phi) is 5.31. The Labute approximate surface area is 120 Å². The third-order valence-corrected chi connectivity index (χ3v) is 5.98. The minimum absolute atomic E-state index is 0.168. The van der Waals surface area contributed by atoms with E-state index < -0.39 is 20.0 Å². The smallest absolute Gasteiger partial charge is 0.218 e. The summed E-state index contributed by atoms with van der Waals surface area (Å²) in [4.78, 5) is 0.213. The molecule has 0 atom stereocenters. The number of aryl methyl sites for hydroxylation is 3. The van der Waals surface area contributed by atoms with Gasteiger partial charge in [0.05, 0.1) is 10.6 Å². The molecule has 0 aromatic heterocycles. The highest BCUT2D eigenvalue weighted by Crippen LogP contribution is 2.21. The molecule has 2 N–H and O–H groups in total. The summed E-state index contributed by atoms with van der Waals surface area (Å²) in [5.74, 6) is -0.299. The number of benzene rings is 1. The maximum atomic E-state index is 12.2. The van der Waals surface area contributed by atoms with Crippen molar-refractivity contribution < 1.29 is 16.8 Å². The molecule has 0 aliphatic rings. The van der Waals surface area contributed by atoms with Crippen LogP contribution in [0, 0.1) is 20.8 Å². The van der Waals surface area contributed by atoms with Crippen molar-refractivity contribution in [2.24, 2.45) is 0 Å². The van der Waals surface area contributed by atoms with Gasteiger partial charge in [-0.2, -0.15) is 0 Å².